The highest BCUT2D eigenvalue weighted by atomic mass is 35.5. The van der Waals surface area contributed by atoms with Crippen LogP contribution in [0.5, 0.6) is 0 Å². The predicted octanol–water partition coefficient (Wildman–Crippen LogP) is 8.11. The maximum absolute atomic E-state index is 13.1. The number of carbonyl (C=O) groups excluding carboxylic acids is 2. The Morgan fingerprint density at radius 1 is 0.646 bits per heavy atom. The zero-order valence-corrected chi connectivity index (χ0v) is 36.5. The van der Waals surface area contributed by atoms with Crippen LogP contribution in [-0.4, -0.2) is 69.9 Å². The predicted molar refractivity (Wildman–Crippen MR) is 220 cm³/mol. The minimum absolute atomic E-state index is 0.0398. The third-order valence-electron chi connectivity index (χ3n) is 7.51. The van der Waals surface area contributed by atoms with E-state index in [1.54, 1.807) is 0 Å². The fourth-order valence-corrected chi connectivity index (χ4v) is 7.87. The summed E-state index contributed by atoms with van der Waals surface area (Å²) in [6, 6.07) is 8.53. The number of anilines is 2. The van der Waals surface area contributed by atoms with Gasteiger partial charge in [-0.3, -0.25) is 23.8 Å². The summed E-state index contributed by atoms with van der Waals surface area (Å²) >= 11 is 28.4. The van der Waals surface area contributed by atoms with Gasteiger partial charge in [0.15, 0.2) is 0 Å². The van der Waals surface area contributed by atoms with E-state index in [-0.39, 0.29) is 38.9 Å². The van der Waals surface area contributed by atoms with Crippen molar-refractivity contribution in [1.29, 1.82) is 0 Å². The molecule has 0 atom stereocenters. The van der Waals surface area contributed by atoms with Gasteiger partial charge in [0.1, 0.15) is 17.1 Å². The first kappa shape index (κ1) is 51.7. The molecule has 17 nitrogen and oxygen atoms in total. The summed E-state index contributed by atoms with van der Waals surface area (Å²) in [5, 5.41) is 5.19. The molecule has 30 heteroatoms. The lowest BCUT2D eigenvalue weighted by Crippen LogP contribution is -2.20. The van der Waals surface area contributed by atoms with E-state index in [1.165, 1.54) is 12.3 Å². The molecular weight excluding hydrogens is 1030 g/mol. The molecule has 0 bridgehead atoms. The topological polar surface area (TPSA) is 261 Å². The fraction of sp³-hybridized carbons (Fsp3) is 0.0571. The van der Waals surface area contributed by atoms with Crippen LogP contribution in [-0.2, 0) is 37.2 Å². The molecule has 6 rings (SSSR count). The van der Waals surface area contributed by atoms with Crippen LogP contribution in [0.2, 0.25) is 25.4 Å². The number of benzene rings is 2. The molecular formula is C35H19Cl5F6N8O9S2. The minimum atomic E-state index is -4.89. The Morgan fingerprint density at radius 3 is 1.49 bits per heavy atom. The number of halogens is 11. The van der Waals surface area contributed by atoms with Gasteiger partial charge < -0.3 is 10.1 Å². The molecule has 0 fully saturated rings. The average molecular weight is 1050 g/mol. The van der Waals surface area contributed by atoms with Crippen LogP contribution < -0.4 is 15.1 Å². The number of hydrogen-bond acceptors (Lipinski definition) is 13. The first-order valence-corrected chi connectivity index (χ1v) is 21.4. The van der Waals surface area contributed by atoms with Crippen LogP contribution in [0.1, 0.15) is 43.5 Å². The number of hydrogen-bond donors (Lipinski definition) is 4. The quantitative estimate of drug-likeness (QED) is 0.0437. The van der Waals surface area contributed by atoms with E-state index in [0.717, 1.165) is 61.1 Å². The SMILES string of the molecule is O=C(c1ccnc(=O)[nH]1)c1ncc(Cl)cc1NS(=O)(=O)c1ccc(Cl)c(C(F)(F)F)c1.O=C(c1ccnc(Cl)n1)c1ncc(Cl)cc1NS(=O)(=O)c1ccc(Cl)c(C(F)(F)F)c1.O=CO. The molecule has 342 valence electrons. The monoisotopic (exact) mass is 1050 g/mol. The molecule has 0 radical (unpaired) electrons. The van der Waals surface area contributed by atoms with Gasteiger partial charge >= 0.3 is 18.0 Å². The number of aromatic nitrogens is 6. The van der Waals surface area contributed by atoms with Crippen molar-refractivity contribution in [3.63, 3.8) is 0 Å². The summed E-state index contributed by atoms with van der Waals surface area (Å²) < 4.78 is 133. The lowest BCUT2D eigenvalue weighted by molar-refractivity contribution is -0.138. The first-order chi connectivity index (χ1) is 30.2. The summed E-state index contributed by atoms with van der Waals surface area (Å²) in [5.41, 5.74) is -5.63. The summed E-state index contributed by atoms with van der Waals surface area (Å²) in [7, 11) is -9.21. The Labute approximate surface area is 384 Å². The molecule has 0 unspecified atom stereocenters. The molecule has 4 aromatic heterocycles. The molecule has 6 aromatic rings. The summed E-state index contributed by atoms with van der Waals surface area (Å²) in [5.74, 6) is -1.72. The van der Waals surface area contributed by atoms with Crippen LogP contribution in [0.15, 0.2) is 100 Å². The molecule has 0 aliphatic rings. The van der Waals surface area contributed by atoms with Crippen LogP contribution in [0.4, 0.5) is 37.7 Å². The maximum Gasteiger partial charge on any atom is 0.417 e. The van der Waals surface area contributed by atoms with Gasteiger partial charge in [0.25, 0.3) is 26.5 Å². The van der Waals surface area contributed by atoms with E-state index >= 15 is 0 Å². The number of carbonyl (C=O) groups is 3. The molecule has 0 spiro atoms. The first-order valence-electron chi connectivity index (χ1n) is 16.5. The average Bonchev–Trinajstić information content (AvgIpc) is 3.20. The van der Waals surface area contributed by atoms with Gasteiger partial charge in [-0.05, 0) is 72.3 Å². The number of carboxylic acid groups (broad SMARTS) is 1. The second-order valence-corrected chi connectivity index (χ2v) is 17.2. The Hall–Kier alpha value is -5.96. The molecule has 4 heterocycles. The van der Waals surface area contributed by atoms with Gasteiger partial charge in [0.05, 0.1) is 58.1 Å². The minimum Gasteiger partial charge on any atom is -0.483 e. The van der Waals surface area contributed by atoms with E-state index in [2.05, 4.69) is 29.9 Å². The van der Waals surface area contributed by atoms with Crippen molar-refractivity contribution in [3.05, 3.63) is 155 Å². The van der Waals surface area contributed by atoms with Crippen LogP contribution >= 0.6 is 58.0 Å². The number of alkyl halides is 6. The molecule has 0 saturated carbocycles. The van der Waals surface area contributed by atoms with Crippen LogP contribution in [0, 0.1) is 0 Å². The van der Waals surface area contributed by atoms with Crippen molar-refractivity contribution in [2.24, 2.45) is 0 Å². The Morgan fingerprint density at radius 2 is 1.08 bits per heavy atom. The maximum atomic E-state index is 13.1. The number of rotatable bonds is 10. The van der Waals surface area contributed by atoms with Crippen LogP contribution in [0.3, 0.4) is 0 Å². The zero-order chi connectivity index (χ0) is 48.7. The van der Waals surface area contributed by atoms with E-state index < -0.39 is 97.7 Å². The number of sulfonamides is 2. The fourth-order valence-electron chi connectivity index (χ4n) is 4.79. The second-order valence-electron chi connectivity index (χ2n) is 11.9. The van der Waals surface area contributed by atoms with Gasteiger partial charge in [-0.15, -0.1) is 0 Å². The smallest absolute Gasteiger partial charge is 0.417 e. The molecule has 0 saturated heterocycles. The summed E-state index contributed by atoms with van der Waals surface area (Å²) in [6.07, 6.45) is -5.38. The third-order valence-corrected chi connectivity index (χ3v) is 11.5. The summed E-state index contributed by atoms with van der Waals surface area (Å²) in [4.78, 5) is 64.1. The molecule has 0 amide bonds. The molecule has 2 aromatic carbocycles. The van der Waals surface area contributed by atoms with Crippen molar-refractivity contribution in [2.45, 2.75) is 22.1 Å². The number of aromatic amines is 1. The second kappa shape index (κ2) is 20.9. The molecule has 0 aliphatic carbocycles. The highest BCUT2D eigenvalue weighted by molar-refractivity contribution is 7.93. The third kappa shape index (κ3) is 13.5. The number of pyridine rings is 2. The van der Waals surface area contributed by atoms with Crippen molar-refractivity contribution in [1.82, 2.24) is 29.9 Å². The Balaban J connectivity index is 0.000000268. The number of nitrogens with zero attached hydrogens (tertiary/aromatic N) is 5. The van der Waals surface area contributed by atoms with E-state index in [1.807, 2.05) is 9.44 Å². The van der Waals surface area contributed by atoms with Gasteiger partial charge in [-0.1, -0.05) is 46.4 Å². The normalized spacial score (nSPS) is 11.6. The highest BCUT2D eigenvalue weighted by Crippen LogP contribution is 2.38. The van der Waals surface area contributed by atoms with Crippen molar-refractivity contribution in [3.8, 4) is 0 Å². The lowest BCUT2D eigenvalue weighted by atomic mass is 10.1. The summed E-state index contributed by atoms with van der Waals surface area (Å²) in [6.45, 7) is -0.250. The zero-order valence-electron chi connectivity index (χ0n) is 31.1. The van der Waals surface area contributed by atoms with Gasteiger partial charge in [-0.25, -0.2) is 46.6 Å². The van der Waals surface area contributed by atoms with Crippen molar-refractivity contribution >= 4 is 107 Å². The molecule has 0 aliphatic heterocycles. The van der Waals surface area contributed by atoms with Crippen molar-refractivity contribution in [2.75, 3.05) is 9.44 Å². The van der Waals surface area contributed by atoms with Gasteiger partial charge in [-0.2, -0.15) is 26.3 Å². The van der Waals surface area contributed by atoms with Gasteiger partial charge in [0.2, 0.25) is 16.9 Å². The molecule has 4 N–H and O–H groups in total. The van der Waals surface area contributed by atoms with Gasteiger partial charge in [0, 0.05) is 24.8 Å². The van der Waals surface area contributed by atoms with Crippen molar-refractivity contribution < 1.29 is 62.7 Å². The molecule has 65 heavy (non-hydrogen) atoms. The number of ketones is 2. The largest absolute Gasteiger partial charge is 0.483 e. The van der Waals surface area contributed by atoms with E-state index in [4.69, 9.17) is 67.9 Å². The van der Waals surface area contributed by atoms with E-state index in [0.29, 0.717) is 12.1 Å². The Kier molecular flexibility index (Phi) is 16.6. The van der Waals surface area contributed by atoms with E-state index in [9.17, 15) is 57.6 Å². The van der Waals surface area contributed by atoms with Crippen LogP contribution in [0.25, 0.3) is 0 Å². The standard InChI is InChI=1S/C17H8Cl3F3N4O3S.C17H9Cl2F3N4O4S.CH2O2/c18-8-5-13(14(25-7-8)15(28)12-3-4-24-16(20)26-12)27-31(29,30)9-1-2-11(19)10(6-9)17(21,22)23;18-8-5-13(14(24-7-8)15(27)12-3-4-23-16(28)25-12)26-31(29,30)9-1-2-11(19)10(6-9)17(20,21)22;2-1-3/h1-7,27H;1-7,26H,(H,23,25,28);1H,(H,2,3). The number of H-pyrrole nitrogens is 1. The lowest BCUT2D eigenvalue weighted by Gasteiger charge is -2.14. The highest BCUT2D eigenvalue weighted by Gasteiger charge is 2.36. The number of nitrogens with one attached hydrogen (secondary N) is 3. The Bertz CT molecular complexity index is 3100.